The first kappa shape index (κ1) is 18.7. The number of halogens is 2. The second kappa shape index (κ2) is 8.97. The van der Waals surface area contributed by atoms with Crippen molar-refractivity contribution < 1.29 is 13.2 Å². The molecule has 0 aliphatic rings. The molecule has 0 saturated carbocycles. The van der Waals surface area contributed by atoms with Crippen molar-refractivity contribution in [2.24, 2.45) is 0 Å². The predicted molar refractivity (Wildman–Crippen MR) is 93.6 cm³/mol. The summed E-state index contributed by atoms with van der Waals surface area (Å²) in [6, 6.07) is 3.39. The van der Waals surface area contributed by atoms with Crippen LogP contribution < -0.4 is 14.8 Å². The van der Waals surface area contributed by atoms with E-state index in [4.69, 9.17) is 4.74 Å². The maximum atomic E-state index is 12.1. The minimum absolute atomic E-state index is 0.0779. The van der Waals surface area contributed by atoms with Crippen molar-refractivity contribution in [3.8, 4) is 5.75 Å². The van der Waals surface area contributed by atoms with Gasteiger partial charge in [0.15, 0.2) is 0 Å². The first-order valence-electron chi connectivity index (χ1n) is 6.64. The number of anilines is 1. The van der Waals surface area contributed by atoms with Gasteiger partial charge in [0.25, 0.3) is 0 Å². The van der Waals surface area contributed by atoms with E-state index in [1.807, 2.05) is 0 Å². The highest BCUT2D eigenvalue weighted by Crippen LogP contribution is 2.34. The molecular weight excluding hydrogens is 424 g/mol. The summed E-state index contributed by atoms with van der Waals surface area (Å²) < 4.78 is 33.3. The number of benzene rings is 1. The van der Waals surface area contributed by atoms with E-state index in [1.165, 1.54) is 7.11 Å². The Morgan fingerprint density at radius 3 is 2.52 bits per heavy atom. The number of ether oxygens (including phenoxy) is 1. The average molecular weight is 444 g/mol. The smallest absolute Gasteiger partial charge is 0.232 e. The standard InChI is InChI=1S/C13H20Br2N2O3S/c1-3-5-16-6-4-7-21(18,19)17-12-9-13(20-2)11(15)8-10(12)14/h8-9,16-17H,3-7H2,1-2H3. The zero-order valence-corrected chi connectivity index (χ0v) is 16.1. The molecule has 8 heteroatoms. The Morgan fingerprint density at radius 2 is 1.90 bits per heavy atom. The highest BCUT2D eigenvalue weighted by atomic mass is 79.9. The molecular formula is C13H20Br2N2O3S. The van der Waals surface area contributed by atoms with Gasteiger partial charge in [-0.25, -0.2) is 8.42 Å². The Hall–Kier alpha value is -0.310. The molecule has 1 aromatic carbocycles. The number of sulfonamides is 1. The van der Waals surface area contributed by atoms with E-state index >= 15 is 0 Å². The molecule has 0 heterocycles. The molecule has 1 aromatic rings. The van der Waals surface area contributed by atoms with E-state index in [2.05, 4.69) is 48.8 Å². The number of methoxy groups -OCH3 is 1. The van der Waals surface area contributed by atoms with Crippen LogP contribution in [0.15, 0.2) is 21.1 Å². The van der Waals surface area contributed by atoms with Crippen LogP contribution in [0.5, 0.6) is 5.75 Å². The minimum Gasteiger partial charge on any atom is -0.495 e. The molecule has 0 fully saturated rings. The molecule has 2 N–H and O–H groups in total. The second-order valence-electron chi connectivity index (χ2n) is 4.49. The average Bonchev–Trinajstić information content (AvgIpc) is 2.41. The van der Waals surface area contributed by atoms with E-state index in [0.717, 1.165) is 17.4 Å². The van der Waals surface area contributed by atoms with Crippen LogP contribution in [-0.4, -0.2) is 34.4 Å². The molecule has 0 aromatic heterocycles. The first-order valence-corrected chi connectivity index (χ1v) is 9.87. The zero-order valence-electron chi connectivity index (χ0n) is 12.1. The molecule has 0 aliphatic carbocycles. The minimum atomic E-state index is -3.37. The van der Waals surface area contributed by atoms with Crippen molar-refractivity contribution in [2.45, 2.75) is 19.8 Å². The Balaban J connectivity index is 2.66. The van der Waals surface area contributed by atoms with Crippen molar-refractivity contribution in [1.82, 2.24) is 5.32 Å². The molecule has 0 bridgehead atoms. The van der Waals surface area contributed by atoms with Gasteiger partial charge in [0.2, 0.25) is 10.0 Å². The van der Waals surface area contributed by atoms with E-state index < -0.39 is 10.0 Å². The number of hydrogen-bond acceptors (Lipinski definition) is 4. The molecule has 120 valence electrons. The monoisotopic (exact) mass is 442 g/mol. The van der Waals surface area contributed by atoms with Gasteiger partial charge in [0.1, 0.15) is 5.75 Å². The lowest BCUT2D eigenvalue weighted by Gasteiger charge is -2.12. The summed E-state index contributed by atoms with van der Waals surface area (Å²) in [6.07, 6.45) is 1.61. The van der Waals surface area contributed by atoms with Crippen molar-refractivity contribution in [3.05, 3.63) is 21.1 Å². The molecule has 0 spiro atoms. The molecule has 0 atom stereocenters. The van der Waals surface area contributed by atoms with Gasteiger partial charge in [-0.2, -0.15) is 0 Å². The molecule has 1 rings (SSSR count). The lowest BCUT2D eigenvalue weighted by molar-refractivity contribution is 0.412. The fourth-order valence-corrected chi connectivity index (χ4v) is 4.19. The van der Waals surface area contributed by atoms with Crippen LogP contribution in [0.1, 0.15) is 19.8 Å². The van der Waals surface area contributed by atoms with E-state index in [9.17, 15) is 8.42 Å². The summed E-state index contributed by atoms with van der Waals surface area (Å²) in [6.45, 7) is 3.67. The number of hydrogen-bond donors (Lipinski definition) is 2. The molecule has 0 radical (unpaired) electrons. The molecule has 21 heavy (non-hydrogen) atoms. The lowest BCUT2D eigenvalue weighted by atomic mass is 10.3. The summed E-state index contributed by atoms with van der Waals surface area (Å²) >= 11 is 6.69. The van der Waals surface area contributed by atoms with Crippen LogP contribution in [0.4, 0.5) is 5.69 Å². The fraction of sp³-hybridized carbons (Fsp3) is 0.538. The topological polar surface area (TPSA) is 67.4 Å². The summed E-state index contributed by atoms with van der Waals surface area (Å²) in [5, 5.41) is 3.18. The molecule has 0 amide bonds. The molecule has 0 saturated heterocycles. The van der Waals surface area contributed by atoms with Crippen LogP contribution in [0.3, 0.4) is 0 Å². The third-order valence-corrected chi connectivity index (χ3v) is 5.33. The van der Waals surface area contributed by atoms with Gasteiger partial charge < -0.3 is 10.1 Å². The van der Waals surface area contributed by atoms with Crippen molar-refractivity contribution in [1.29, 1.82) is 0 Å². The Kier molecular flexibility index (Phi) is 8.00. The maximum Gasteiger partial charge on any atom is 0.232 e. The van der Waals surface area contributed by atoms with Crippen LogP contribution in [0.2, 0.25) is 0 Å². The second-order valence-corrected chi connectivity index (χ2v) is 8.04. The molecule has 0 aliphatic heterocycles. The van der Waals surface area contributed by atoms with Crippen molar-refractivity contribution in [3.63, 3.8) is 0 Å². The summed E-state index contributed by atoms with van der Waals surface area (Å²) in [5.41, 5.74) is 0.469. The predicted octanol–water partition coefficient (Wildman–Crippen LogP) is 3.35. The van der Waals surface area contributed by atoms with Gasteiger partial charge in [-0.05, 0) is 63.9 Å². The van der Waals surface area contributed by atoms with Crippen LogP contribution in [-0.2, 0) is 10.0 Å². The quantitative estimate of drug-likeness (QED) is 0.574. The third-order valence-electron chi connectivity index (χ3n) is 2.70. The highest BCUT2D eigenvalue weighted by molar-refractivity contribution is 9.11. The van der Waals surface area contributed by atoms with Crippen molar-refractivity contribution >= 4 is 47.6 Å². The van der Waals surface area contributed by atoms with E-state index in [0.29, 0.717) is 28.9 Å². The summed E-state index contributed by atoms with van der Waals surface area (Å²) in [5.74, 6) is 0.648. The van der Waals surface area contributed by atoms with Gasteiger partial charge in [0.05, 0.1) is 23.0 Å². The largest absolute Gasteiger partial charge is 0.495 e. The third kappa shape index (κ3) is 6.54. The maximum absolute atomic E-state index is 12.1. The normalized spacial score (nSPS) is 11.4. The van der Waals surface area contributed by atoms with Gasteiger partial charge in [-0.1, -0.05) is 6.92 Å². The summed E-state index contributed by atoms with van der Waals surface area (Å²) in [7, 11) is -1.84. The first-order chi connectivity index (χ1) is 9.89. The van der Waals surface area contributed by atoms with E-state index in [-0.39, 0.29) is 5.75 Å². The van der Waals surface area contributed by atoms with Crippen LogP contribution in [0, 0.1) is 0 Å². The van der Waals surface area contributed by atoms with Crippen LogP contribution in [0.25, 0.3) is 0 Å². The van der Waals surface area contributed by atoms with Gasteiger partial charge in [0, 0.05) is 10.5 Å². The van der Waals surface area contributed by atoms with Gasteiger partial charge in [-0.3, -0.25) is 4.72 Å². The number of rotatable bonds is 9. The van der Waals surface area contributed by atoms with Crippen LogP contribution >= 0.6 is 31.9 Å². The Morgan fingerprint density at radius 1 is 1.19 bits per heavy atom. The number of nitrogens with one attached hydrogen (secondary N) is 2. The van der Waals surface area contributed by atoms with Gasteiger partial charge >= 0.3 is 0 Å². The van der Waals surface area contributed by atoms with Gasteiger partial charge in [-0.15, -0.1) is 0 Å². The Labute approximate surface area is 143 Å². The summed E-state index contributed by atoms with van der Waals surface area (Å²) in [4.78, 5) is 0. The molecule has 0 unspecified atom stereocenters. The fourth-order valence-electron chi connectivity index (χ4n) is 1.67. The lowest BCUT2D eigenvalue weighted by Crippen LogP contribution is -2.22. The Bertz CT molecular complexity index is 565. The SMILES string of the molecule is CCCNCCCS(=O)(=O)Nc1cc(OC)c(Br)cc1Br. The van der Waals surface area contributed by atoms with E-state index in [1.54, 1.807) is 12.1 Å². The molecule has 5 nitrogen and oxygen atoms in total. The zero-order chi connectivity index (χ0) is 15.9. The highest BCUT2D eigenvalue weighted by Gasteiger charge is 2.14. The van der Waals surface area contributed by atoms with Crippen molar-refractivity contribution in [2.75, 3.05) is 30.7 Å².